The summed E-state index contributed by atoms with van der Waals surface area (Å²) >= 11 is 0. The maximum absolute atomic E-state index is 5.01. The Morgan fingerprint density at radius 3 is 1.85 bits per heavy atom. The number of hydrogen-bond acceptors (Lipinski definition) is 9. The number of ether oxygens (including phenoxy) is 2. The first kappa shape index (κ1) is 18.1. The first-order chi connectivity index (χ1) is 13.3. The van der Waals surface area contributed by atoms with Crippen molar-refractivity contribution in [1.29, 1.82) is 0 Å². The van der Waals surface area contributed by atoms with Crippen LogP contribution in [-0.4, -0.2) is 29.2 Å². The molecule has 136 valence electrons. The van der Waals surface area contributed by atoms with Crippen LogP contribution in [0.15, 0.2) is 81.1 Å². The van der Waals surface area contributed by atoms with Crippen molar-refractivity contribution in [3.05, 3.63) is 66.2 Å². The summed E-state index contributed by atoms with van der Waals surface area (Å²) in [6, 6.07) is 19.0. The van der Waals surface area contributed by atoms with Crippen LogP contribution in [0.2, 0.25) is 0 Å². The van der Waals surface area contributed by atoms with Crippen LogP contribution in [0.1, 0.15) is 11.7 Å². The van der Waals surface area contributed by atoms with Crippen LogP contribution in [0.5, 0.6) is 12.0 Å². The minimum atomic E-state index is -0.653. The zero-order valence-corrected chi connectivity index (χ0v) is 14.8. The summed E-state index contributed by atoms with van der Waals surface area (Å²) in [7, 11) is 2.88. The van der Waals surface area contributed by atoms with Crippen molar-refractivity contribution in [3.63, 3.8) is 0 Å². The Bertz CT molecular complexity index is 895. The molecule has 1 atom stereocenters. The highest BCUT2D eigenvalue weighted by molar-refractivity contribution is 5.34. The molecule has 0 fully saturated rings. The molecular weight excluding hydrogens is 346 g/mol. The molecule has 27 heavy (non-hydrogen) atoms. The van der Waals surface area contributed by atoms with Crippen LogP contribution < -0.4 is 9.47 Å². The van der Waals surface area contributed by atoms with E-state index >= 15 is 0 Å². The molecule has 0 aliphatic carbocycles. The van der Waals surface area contributed by atoms with E-state index in [1.807, 2.05) is 60.7 Å². The minimum absolute atomic E-state index is 0.0505. The van der Waals surface area contributed by atoms with Crippen LogP contribution in [0.3, 0.4) is 0 Å². The molecule has 0 aliphatic rings. The van der Waals surface area contributed by atoms with Gasteiger partial charge in [-0.1, -0.05) is 48.5 Å². The van der Waals surface area contributed by atoms with Gasteiger partial charge in [0.15, 0.2) is 0 Å². The first-order valence-electron chi connectivity index (χ1n) is 8.04. The van der Waals surface area contributed by atoms with E-state index in [1.54, 1.807) is 0 Å². The molecule has 0 bridgehead atoms. The van der Waals surface area contributed by atoms with Crippen molar-refractivity contribution >= 4 is 11.6 Å². The molecule has 0 N–H and O–H groups in total. The maximum Gasteiger partial charge on any atom is 0.324 e. The van der Waals surface area contributed by atoms with E-state index in [4.69, 9.17) is 9.47 Å². The highest BCUT2D eigenvalue weighted by Crippen LogP contribution is 2.24. The average molecular weight is 363 g/mol. The number of nitrogens with zero attached hydrogens (tertiary/aromatic N) is 7. The minimum Gasteiger partial charge on any atom is -0.467 e. The van der Waals surface area contributed by atoms with Crippen molar-refractivity contribution in [3.8, 4) is 12.0 Å². The molecule has 0 amide bonds. The third-order valence-corrected chi connectivity index (χ3v) is 3.34. The van der Waals surface area contributed by atoms with Gasteiger partial charge in [0.25, 0.3) is 5.95 Å². The molecule has 9 nitrogen and oxygen atoms in total. The largest absolute Gasteiger partial charge is 0.467 e. The lowest BCUT2D eigenvalue weighted by Crippen LogP contribution is -1.98. The summed E-state index contributed by atoms with van der Waals surface area (Å²) in [5.41, 5.74) is 1.55. The number of hydrogen-bond donors (Lipinski definition) is 0. The Labute approximate surface area is 155 Å². The van der Waals surface area contributed by atoms with Crippen LogP contribution in [0.4, 0.5) is 11.6 Å². The Kier molecular flexibility index (Phi) is 6.08. The molecule has 0 saturated heterocycles. The summed E-state index contributed by atoms with van der Waals surface area (Å²) in [5, 5.41) is 16.8. The summed E-state index contributed by atoms with van der Waals surface area (Å²) < 4.78 is 10.0. The first-order valence-corrected chi connectivity index (χ1v) is 8.04. The van der Waals surface area contributed by atoms with Crippen LogP contribution in [0, 0.1) is 0 Å². The van der Waals surface area contributed by atoms with E-state index in [9.17, 15) is 0 Å². The normalized spacial score (nSPS) is 12.4. The lowest BCUT2D eigenvalue weighted by atomic mass is 10.2. The lowest BCUT2D eigenvalue weighted by Gasteiger charge is -2.05. The summed E-state index contributed by atoms with van der Waals surface area (Å²) in [4.78, 5) is 12.0. The Morgan fingerprint density at radius 1 is 0.704 bits per heavy atom. The van der Waals surface area contributed by atoms with E-state index < -0.39 is 6.17 Å². The monoisotopic (exact) mass is 363 g/mol. The highest BCUT2D eigenvalue weighted by Gasteiger charge is 2.11. The molecule has 1 unspecified atom stereocenters. The average Bonchev–Trinajstić information content (AvgIpc) is 2.74. The summed E-state index contributed by atoms with van der Waals surface area (Å²) in [5.74, 6) is 0.0505. The van der Waals surface area contributed by atoms with Gasteiger partial charge in [-0.3, -0.25) is 0 Å². The Hall–Kier alpha value is -3.75. The molecule has 0 radical (unpaired) electrons. The van der Waals surface area contributed by atoms with Crippen molar-refractivity contribution in [2.24, 2.45) is 20.5 Å². The SMILES string of the molecule is COc1nc(N=NC(N=Nc2ccccc2)c2ccccc2)nc(OC)n1. The smallest absolute Gasteiger partial charge is 0.324 e. The third kappa shape index (κ3) is 5.11. The van der Waals surface area contributed by atoms with Gasteiger partial charge in [0, 0.05) is 5.56 Å². The predicted octanol–water partition coefficient (Wildman–Crippen LogP) is 4.46. The van der Waals surface area contributed by atoms with Gasteiger partial charge < -0.3 is 9.47 Å². The van der Waals surface area contributed by atoms with Gasteiger partial charge in [-0.25, -0.2) is 0 Å². The van der Waals surface area contributed by atoms with Gasteiger partial charge in [0.1, 0.15) is 0 Å². The van der Waals surface area contributed by atoms with Gasteiger partial charge in [-0.2, -0.15) is 25.3 Å². The fraction of sp³-hybridized carbons (Fsp3) is 0.167. The topological polar surface area (TPSA) is 107 Å². The second-order valence-electron chi connectivity index (χ2n) is 5.16. The number of aromatic nitrogens is 3. The molecule has 1 aromatic heterocycles. The zero-order chi connectivity index (χ0) is 18.9. The lowest BCUT2D eigenvalue weighted by molar-refractivity contribution is 0.340. The molecule has 3 aromatic rings. The second kappa shape index (κ2) is 9.09. The van der Waals surface area contributed by atoms with Crippen LogP contribution >= 0.6 is 0 Å². The van der Waals surface area contributed by atoms with Crippen molar-refractivity contribution in [1.82, 2.24) is 15.0 Å². The van der Waals surface area contributed by atoms with Crippen molar-refractivity contribution in [2.75, 3.05) is 14.2 Å². The summed E-state index contributed by atoms with van der Waals surface area (Å²) in [6.07, 6.45) is -0.653. The number of benzene rings is 2. The van der Waals surface area contributed by atoms with Gasteiger partial charge in [0.2, 0.25) is 6.17 Å². The molecule has 0 aliphatic heterocycles. The number of azo groups is 2. The second-order valence-corrected chi connectivity index (χ2v) is 5.16. The van der Waals surface area contributed by atoms with Crippen molar-refractivity contribution < 1.29 is 9.47 Å². The Balaban J connectivity index is 1.89. The van der Waals surface area contributed by atoms with E-state index in [0.717, 1.165) is 11.3 Å². The van der Waals surface area contributed by atoms with E-state index in [-0.39, 0.29) is 18.0 Å². The molecule has 2 aromatic carbocycles. The molecular formula is C18H17N7O2. The number of rotatable bonds is 7. The molecule has 3 rings (SSSR count). The molecule has 9 heteroatoms. The fourth-order valence-corrected chi connectivity index (χ4v) is 2.06. The predicted molar refractivity (Wildman–Crippen MR) is 97.6 cm³/mol. The third-order valence-electron chi connectivity index (χ3n) is 3.34. The van der Waals surface area contributed by atoms with Gasteiger partial charge in [-0.15, -0.1) is 10.1 Å². The summed E-state index contributed by atoms with van der Waals surface area (Å²) in [6.45, 7) is 0. The zero-order valence-electron chi connectivity index (χ0n) is 14.8. The van der Waals surface area contributed by atoms with Crippen LogP contribution in [-0.2, 0) is 0 Å². The molecule has 0 saturated carbocycles. The Morgan fingerprint density at radius 2 is 1.26 bits per heavy atom. The van der Waals surface area contributed by atoms with E-state index in [0.29, 0.717) is 0 Å². The highest BCUT2D eigenvalue weighted by atomic mass is 16.5. The van der Waals surface area contributed by atoms with Gasteiger partial charge in [0.05, 0.1) is 19.9 Å². The quantitative estimate of drug-likeness (QED) is 0.576. The van der Waals surface area contributed by atoms with Gasteiger partial charge >= 0.3 is 12.0 Å². The van der Waals surface area contributed by atoms with Gasteiger partial charge in [-0.05, 0) is 12.1 Å². The molecule has 1 heterocycles. The number of methoxy groups -OCH3 is 2. The fourth-order valence-electron chi connectivity index (χ4n) is 2.06. The maximum atomic E-state index is 5.01. The van der Waals surface area contributed by atoms with Crippen LogP contribution in [0.25, 0.3) is 0 Å². The van der Waals surface area contributed by atoms with E-state index in [2.05, 4.69) is 35.4 Å². The van der Waals surface area contributed by atoms with E-state index in [1.165, 1.54) is 14.2 Å². The standard InChI is InChI=1S/C18H17N7O2/c1-26-17-19-16(20-18(21-17)27-2)25-24-15(13-9-5-3-6-10-13)23-22-14-11-7-4-8-12-14/h3-12,15H,1-2H3. The van der Waals surface area contributed by atoms with Crippen molar-refractivity contribution in [2.45, 2.75) is 6.17 Å². The molecule has 0 spiro atoms.